The second-order valence-corrected chi connectivity index (χ2v) is 4.61. The van der Waals surface area contributed by atoms with Crippen LogP contribution in [0, 0.1) is 16.0 Å². The minimum absolute atomic E-state index is 0.0416. The predicted octanol–water partition coefficient (Wildman–Crippen LogP) is 1.41. The number of hydrogen-bond acceptors (Lipinski definition) is 5. The Balaban J connectivity index is 2.08. The summed E-state index contributed by atoms with van der Waals surface area (Å²) in [6, 6.07) is 1.19. The van der Waals surface area contributed by atoms with Gasteiger partial charge in [-0.05, 0) is 12.5 Å². The number of nitrogens with one attached hydrogen (secondary N) is 1. The summed E-state index contributed by atoms with van der Waals surface area (Å²) in [5.74, 6) is -0.275. The molecular weight excluding hydrogens is 274 g/mol. The number of amides is 1. The van der Waals surface area contributed by atoms with Crippen LogP contribution in [0.3, 0.4) is 0 Å². The fourth-order valence-electron chi connectivity index (χ4n) is 1.83. The van der Waals surface area contributed by atoms with Gasteiger partial charge in [0.15, 0.2) is 0 Å². The molecule has 0 aromatic carbocycles. The molecule has 1 saturated heterocycles. The second kappa shape index (κ2) is 5.94. The summed E-state index contributed by atoms with van der Waals surface area (Å²) < 4.78 is 5.19. The molecule has 19 heavy (non-hydrogen) atoms. The maximum atomic E-state index is 11.9. The van der Waals surface area contributed by atoms with E-state index in [9.17, 15) is 14.9 Å². The van der Waals surface area contributed by atoms with Crippen LogP contribution < -0.4 is 5.32 Å². The smallest absolute Gasteiger partial charge is 0.300 e. The first kappa shape index (κ1) is 13.7. The van der Waals surface area contributed by atoms with E-state index in [4.69, 9.17) is 16.3 Å². The van der Waals surface area contributed by atoms with Crippen LogP contribution in [0.25, 0.3) is 0 Å². The Morgan fingerprint density at radius 3 is 3.11 bits per heavy atom. The Morgan fingerprint density at radius 1 is 1.68 bits per heavy atom. The SMILES string of the molecule is O=C(NCC1CCOC1)c1cc(Cl)ncc1[N+](=O)[O-]. The van der Waals surface area contributed by atoms with Crippen LogP contribution in [0.1, 0.15) is 16.8 Å². The number of pyridine rings is 1. The predicted molar refractivity (Wildman–Crippen MR) is 67.2 cm³/mol. The molecule has 1 aliphatic rings. The molecule has 2 heterocycles. The minimum Gasteiger partial charge on any atom is -0.381 e. The highest BCUT2D eigenvalue weighted by Crippen LogP contribution is 2.20. The van der Waals surface area contributed by atoms with Gasteiger partial charge in [-0.1, -0.05) is 11.6 Å². The third-order valence-corrected chi connectivity index (χ3v) is 3.07. The first-order valence-electron chi connectivity index (χ1n) is 5.74. The number of carbonyl (C=O) groups is 1. The van der Waals surface area contributed by atoms with Crippen molar-refractivity contribution in [3.05, 3.63) is 33.1 Å². The van der Waals surface area contributed by atoms with Crippen LogP contribution in [0.4, 0.5) is 5.69 Å². The van der Waals surface area contributed by atoms with E-state index in [1.807, 2.05) is 0 Å². The standard InChI is InChI=1S/C11H12ClN3O4/c12-10-3-8(9(5-13-10)15(17)18)11(16)14-4-7-1-2-19-6-7/h3,5,7H,1-2,4,6H2,(H,14,16). The lowest BCUT2D eigenvalue weighted by molar-refractivity contribution is -0.385. The Bertz CT molecular complexity index is 503. The molecule has 1 fully saturated rings. The van der Waals surface area contributed by atoms with Crippen molar-refractivity contribution in [2.45, 2.75) is 6.42 Å². The average Bonchev–Trinajstić information content (AvgIpc) is 2.88. The van der Waals surface area contributed by atoms with Crippen molar-refractivity contribution in [3.63, 3.8) is 0 Å². The van der Waals surface area contributed by atoms with Crippen LogP contribution in [0.2, 0.25) is 5.15 Å². The number of nitrogens with zero attached hydrogens (tertiary/aromatic N) is 2. The fourth-order valence-corrected chi connectivity index (χ4v) is 1.98. The maximum Gasteiger partial charge on any atom is 0.300 e. The summed E-state index contributed by atoms with van der Waals surface area (Å²) >= 11 is 5.66. The number of hydrogen-bond donors (Lipinski definition) is 1. The number of nitro groups is 1. The first-order valence-corrected chi connectivity index (χ1v) is 6.11. The lowest BCUT2D eigenvalue weighted by Crippen LogP contribution is -2.30. The Hall–Kier alpha value is -1.73. The maximum absolute atomic E-state index is 11.9. The summed E-state index contributed by atoms with van der Waals surface area (Å²) in [5, 5.41) is 13.5. The topological polar surface area (TPSA) is 94.4 Å². The molecule has 0 radical (unpaired) electrons. The van der Waals surface area contributed by atoms with Gasteiger partial charge in [-0.3, -0.25) is 14.9 Å². The Kier molecular flexibility index (Phi) is 4.28. The molecule has 1 amide bonds. The molecule has 0 saturated carbocycles. The third kappa shape index (κ3) is 3.39. The number of ether oxygens (including phenoxy) is 1. The van der Waals surface area contributed by atoms with Crippen molar-refractivity contribution >= 4 is 23.2 Å². The zero-order valence-corrected chi connectivity index (χ0v) is 10.7. The molecule has 2 rings (SSSR count). The van der Waals surface area contributed by atoms with Crippen molar-refractivity contribution in [1.29, 1.82) is 0 Å². The number of aromatic nitrogens is 1. The number of rotatable bonds is 4. The van der Waals surface area contributed by atoms with E-state index < -0.39 is 10.8 Å². The lowest BCUT2D eigenvalue weighted by atomic mass is 10.1. The van der Waals surface area contributed by atoms with Gasteiger partial charge >= 0.3 is 0 Å². The van der Waals surface area contributed by atoms with Crippen molar-refractivity contribution in [2.24, 2.45) is 5.92 Å². The summed E-state index contributed by atoms with van der Waals surface area (Å²) in [6.07, 6.45) is 1.86. The second-order valence-electron chi connectivity index (χ2n) is 4.22. The van der Waals surface area contributed by atoms with Gasteiger partial charge in [0, 0.05) is 19.1 Å². The molecule has 1 aliphatic heterocycles. The molecule has 0 aliphatic carbocycles. The molecule has 102 valence electrons. The van der Waals surface area contributed by atoms with E-state index in [-0.39, 0.29) is 22.3 Å². The van der Waals surface area contributed by atoms with Gasteiger partial charge in [-0.15, -0.1) is 0 Å². The van der Waals surface area contributed by atoms with Gasteiger partial charge in [-0.25, -0.2) is 4.98 Å². The summed E-state index contributed by atoms with van der Waals surface area (Å²) in [5.41, 5.74) is -0.437. The number of carbonyl (C=O) groups excluding carboxylic acids is 1. The quantitative estimate of drug-likeness (QED) is 0.513. The van der Waals surface area contributed by atoms with Crippen LogP contribution in [0.5, 0.6) is 0 Å². The zero-order valence-electron chi connectivity index (χ0n) is 9.97. The minimum atomic E-state index is -0.656. The van der Waals surface area contributed by atoms with E-state index >= 15 is 0 Å². The van der Waals surface area contributed by atoms with Crippen LogP contribution in [0.15, 0.2) is 12.3 Å². The molecule has 1 unspecified atom stereocenters. The molecule has 0 bridgehead atoms. The van der Waals surface area contributed by atoms with Gasteiger partial charge in [0.05, 0.1) is 11.5 Å². The zero-order chi connectivity index (χ0) is 13.8. The van der Waals surface area contributed by atoms with E-state index in [0.29, 0.717) is 19.8 Å². The molecule has 0 spiro atoms. The first-order chi connectivity index (χ1) is 9.08. The lowest BCUT2D eigenvalue weighted by Gasteiger charge is -2.09. The van der Waals surface area contributed by atoms with Crippen molar-refractivity contribution in [1.82, 2.24) is 10.3 Å². The van der Waals surface area contributed by atoms with E-state index in [2.05, 4.69) is 10.3 Å². The average molecular weight is 286 g/mol. The molecular formula is C11H12ClN3O4. The molecule has 1 atom stereocenters. The van der Waals surface area contributed by atoms with Gasteiger partial charge in [0.25, 0.3) is 11.6 Å². The van der Waals surface area contributed by atoms with Crippen LogP contribution in [-0.2, 0) is 4.74 Å². The molecule has 8 heteroatoms. The summed E-state index contributed by atoms with van der Waals surface area (Å²) in [6.45, 7) is 1.71. The third-order valence-electron chi connectivity index (χ3n) is 2.87. The monoisotopic (exact) mass is 285 g/mol. The van der Waals surface area contributed by atoms with Gasteiger partial charge in [-0.2, -0.15) is 0 Å². The van der Waals surface area contributed by atoms with Gasteiger partial charge in [0.2, 0.25) is 0 Å². The van der Waals surface area contributed by atoms with E-state index in [1.165, 1.54) is 6.07 Å². The van der Waals surface area contributed by atoms with Crippen LogP contribution in [-0.4, -0.2) is 35.6 Å². The summed E-state index contributed by atoms with van der Waals surface area (Å²) in [7, 11) is 0. The van der Waals surface area contributed by atoms with Crippen LogP contribution >= 0.6 is 11.6 Å². The van der Waals surface area contributed by atoms with Crippen molar-refractivity contribution in [3.8, 4) is 0 Å². The molecule has 1 N–H and O–H groups in total. The Labute approximate surface area is 114 Å². The summed E-state index contributed by atoms with van der Waals surface area (Å²) in [4.78, 5) is 25.7. The van der Waals surface area contributed by atoms with E-state index in [1.54, 1.807) is 0 Å². The highest BCUT2D eigenvalue weighted by Gasteiger charge is 2.23. The molecule has 1 aromatic heterocycles. The largest absolute Gasteiger partial charge is 0.381 e. The molecule has 7 nitrogen and oxygen atoms in total. The van der Waals surface area contributed by atoms with Gasteiger partial charge < -0.3 is 10.1 Å². The molecule has 1 aromatic rings. The number of halogens is 1. The van der Waals surface area contributed by atoms with E-state index in [0.717, 1.165) is 12.6 Å². The fraction of sp³-hybridized carbons (Fsp3) is 0.455. The Morgan fingerprint density at radius 2 is 2.47 bits per heavy atom. The van der Waals surface area contributed by atoms with Gasteiger partial charge in [0.1, 0.15) is 16.9 Å². The highest BCUT2D eigenvalue weighted by molar-refractivity contribution is 6.29. The van der Waals surface area contributed by atoms with Crippen molar-refractivity contribution < 1.29 is 14.5 Å². The van der Waals surface area contributed by atoms with Crippen molar-refractivity contribution in [2.75, 3.05) is 19.8 Å². The normalized spacial score (nSPS) is 18.3. The highest BCUT2D eigenvalue weighted by atomic mass is 35.5.